The number of alkyl carbamates (subject to hydrolysis) is 1. The molecule has 0 radical (unpaired) electrons. The molecule has 1 heterocycles. The quantitative estimate of drug-likeness (QED) is 0.610. The maximum Gasteiger partial charge on any atom is 0.407 e. The van der Waals surface area contributed by atoms with Crippen LogP contribution in [0.2, 0.25) is 0 Å². The summed E-state index contributed by atoms with van der Waals surface area (Å²) >= 11 is 0. The first kappa shape index (κ1) is 24.0. The zero-order valence-corrected chi connectivity index (χ0v) is 19.8. The van der Waals surface area contributed by atoms with E-state index in [1.807, 2.05) is 33.8 Å². The van der Waals surface area contributed by atoms with Crippen LogP contribution in [0, 0.1) is 5.41 Å². The Kier molecular flexibility index (Phi) is 6.31. The van der Waals surface area contributed by atoms with E-state index in [9.17, 15) is 19.8 Å². The fourth-order valence-electron chi connectivity index (χ4n) is 4.83. The molecule has 3 atom stereocenters. The normalized spacial score (nSPS) is 25.4. The summed E-state index contributed by atoms with van der Waals surface area (Å²) in [5.74, 6) is -1.82. The van der Waals surface area contributed by atoms with Gasteiger partial charge in [0.1, 0.15) is 11.9 Å². The van der Waals surface area contributed by atoms with Crippen LogP contribution in [0.5, 0.6) is 5.75 Å². The number of fused-ring (bicyclic) bond motifs is 1. The van der Waals surface area contributed by atoms with E-state index >= 15 is 0 Å². The standard InChI is InChI=1S/C26H31NO7/c1-15(2)27-24(31)33-21-12-25(3,4)14-26(22(21)28)32-13-17-11-16(9-10-20(17)34-26)18-7-5-6-8-19(18)23(29)30/h5-11,15,21-22,28H,12-14H2,1-4H3,(H,27,31)(H,29,30)/t21-,22-,26-/m0/s1. The van der Waals surface area contributed by atoms with Crippen LogP contribution in [0.1, 0.15) is 56.5 Å². The summed E-state index contributed by atoms with van der Waals surface area (Å²) in [5.41, 5.74) is 1.96. The molecule has 2 aromatic rings. The number of aliphatic hydroxyl groups is 1. The van der Waals surface area contributed by atoms with Crippen molar-refractivity contribution in [3.8, 4) is 16.9 Å². The van der Waals surface area contributed by atoms with Gasteiger partial charge in [-0.3, -0.25) is 0 Å². The summed E-state index contributed by atoms with van der Waals surface area (Å²) in [6, 6.07) is 12.1. The zero-order chi connectivity index (χ0) is 24.7. The van der Waals surface area contributed by atoms with Crippen molar-refractivity contribution in [2.24, 2.45) is 5.41 Å². The summed E-state index contributed by atoms with van der Waals surface area (Å²) < 4.78 is 18.0. The van der Waals surface area contributed by atoms with E-state index in [0.29, 0.717) is 24.2 Å². The minimum atomic E-state index is -1.36. The van der Waals surface area contributed by atoms with Crippen molar-refractivity contribution in [2.75, 3.05) is 0 Å². The number of hydrogen-bond donors (Lipinski definition) is 3. The van der Waals surface area contributed by atoms with Gasteiger partial charge >= 0.3 is 12.1 Å². The Morgan fingerprint density at radius 1 is 1.18 bits per heavy atom. The van der Waals surface area contributed by atoms with Gasteiger partial charge in [-0.25, -0.2) is 9.59 Å². The van der Waals surface area contributed by atoms with Crippen molar-refractivity contribution >= 4 is 12.1 Å². The van der Waals surface area contributed by atoms with Gasteiger partial charge in [-0.05, 0) is 55.0 Å². The van der Waals surface area contributed by atoms with Crippen LogP contribution in [-0.2, 0) is 16.1 Å². The highest BCUT2D eigenvalue weighted by Crippen LogP contribution is 2.48. The van der Waals surface area contributed by atoms with Gasteiger partial charge in [0.15, 0.2) is 6.10 Å². The van der Waals surface area contributed by atoms with Crippen molar-refractivity contribution < 1.29 is 34.0 Å². The molecule has 2 aromatic carbocycles. The van der Waals surface area contributed by atoms with Gasteiger partial charge < -0.3 is 29.7 Å². The van der Waals surface area contributed by atoms with E-state index in [1.54, 1.807) is 36.4 Å². The Hall–Kier alpha value is -3.10. The highest BCUT2D eigenvalue weighted by Gasteiger charge is 2.57. The molecule has 1 aliphatic carbocycles. The van der Waals surface area contributed by atoms with Crippen molar-refractivity contribution in [2.45, 2.75) is 71.2 Å². The number of carbonyl (C=O) groups is 2. The average molecular weight is 470 g/mol. The first-order valence-electron chi connectivity index (χ1n) is 11.4. The predicted octanol–water partition coefficient (Wildman–Crippen LogP) is 4.34. The molecule has 34 heavy (non-hydrogen) atoms. The van der Waals surface area contributed by atoms with Crippen molar-refractivity contribution in [1.82, 2.24) is 5.32 Å². The lowest BCUT2D eigenvalue weighted by Gasteiger charge is -2.51. The molecule has 0 saturated heterocycles. The van der Waals surface area contributed by atoms with E-state index in [2.05, 4.69) is 5.32 Å². The number of nitrogens with one attached hydrogen (secondary N) is 1. The highest BCUT2D eigenvalue weighted by molar-refractivity contribution is 5.96. The maximum atomic E-state index is 12.2. The Labute approximate surface area is 198 Å². The Balaban J connectivity index is 1.61. The number of benzene rings is 2. The first-order valence-corrected chi connectivity index (χ1v) is 11.4. The van der Waals surface area contributed by atoms with E-state index in [4.69, 9.17) is 14.2 Å². The fourth-order valence-corrected chi connectivity index (χ4v) is 4.83. The second kappa shape index (κ2) is 8.92. The number of carboxylic acid groups (broad SMARTS) is 1. The van der Waals surface area contributed by atoms with Gasteiger partial charge in [-0.2, -0.15) is 0 Å². The molecule has 0 bridgehead atoms. The minimum Gasteiger partial charge on any atom is -0.478 e. The van der Waals surface area contributed by atoms with Gasteiger partial charge in [0.2, 0.25) is 5.79 Å². The minimum absolute atomic E-state index is 0.0929. The Morgan fingerprint density at radius 2 is 1.91 bits per heavy atom. The fraction of sp³-hybridized carbons (Fsp3) is 0.462. The number of ether oxygens (including phenoxy) is 3. The third-order valence-corrected chi connectivity index (χ3v) is 6.23. The predicted molar refractivity (Wildman–Crippen MR) is 125 cm³/mol. The summed E-state index contributed by atoms with van der Waals surface area (Å²) in [4.78, 5) is 23.9. The van der Waals surface area contributed by atoms with Gasteiger partial charge in [-0.15, -0.1) is 0 Å². The van der Waals surface area contributed by atoms with Gasteiger partial charge in [-0.1, -0.05) is 38.1 Å². The third kappa shape index (κ3) is 4.74. The van der Waals surface area contributed by atoms with Crippen LogP contribution in [0.15, 0.2) is 42.5 Å². The van der Waals surface area contributed by atoms with E-state index in [1.165, 1.54) is 0 Å². The molecule has 0 aromatic heterocycles. The first-order chi connectivity index (χ1) is 16.0. The number of carboxylic acids is 1. The molecule has 1 aliphatic heterocycles. The topological polar surface area (TPSA) is 114 Å². The number of amides is 1. The molecular weight excluding hydrogens is 438 g/mol. The lowest BCUT2D eigenvalue weighted by atomic mass is 9.71. The van der Waals surface area contributed by atoms with E-state index < -0.39 is 30.1 Å². The molecule has 8 heteroatoms. The Morgan fingerprint density at radius 3 is 2.62 bits per heavy atom. The van der Waals surface area contributed by atoms with Crippen molar-refractivity contribution in [1.29, 1.82) is 0 Å². The van der Waals surface area contributed by atoms with Crippen LogP contribution >= 0.6 is 0 Å². The SMILES string of the molecule is CC(C)NC(=O)O[C@H]1CC(C)(C)C[C@@]2(OCc3cc(-c4ccccc4C(=O)O)ccc3O2)[C@H]1O. The molecule has 8 nitrogen and oxygen atoms in total. The molecule has 1 spiro atoms. The van der Waals surface area contributed by atoms with Crippen LogP contribution in [-0.4, -0.2) is 46.3 Å². The molecule has 0 unspecified atom stereocenters. The summed E-state index contributed by atoms with van der Waals surface area (Å²) in [7, 11) is 0. The van der Waals surface area contributed by atoms with Gasteiger partial charge in [0, 0.05) is 18.0 Å². The lowest BCUT2D eigenvalue weighted by Crippen LogP contribution is -2.63. The van der Waals surface area contributed by atoms with E-state index in [-0.39, 0.29) is 23.6 Å². The molecular formula is C26H31NO7. The number of carbonyl (C=O) groups excluding carboxylic acids is 1. The number of rotatable bonds is 4. The van der Waals surface area contributed by atoms with E-state index in [0.717, 1.165) is 11.1 Å². The molecule has 182 valence electrons. The molecule has 1 fully saturated rings. The second-order valence-corrected chi connectivity index (χ2v) is 10.1. The van der Waals surface area contributed by atoms with Crippen LogP contribution < -0.4 is 10.1 Å². The van der Waals surface area contributed by atoms with Crippen LogP contribution in [0.25, 0.3) is 11.1 Å². The summed E-state index contributed by atoms with van der Waals surface area (Å²) in [6.07, 6.45) is -1.70. The number of aliphatic hydroxyl groups excluding tert-OH is 1. The zero-order valence-electron chi connectivity index (χ0n) is 19.8. The van der Waals surface area contributed by atoms with Gasteiger partial charge in [0.25, 0.3) is 0 Å². The maximum absolute atomic E-state index is 12.2. The third-order valence-electron chi connectivity index (χ3n) is 6.23. The van der Waals surface area contributed by atoms with Crippen LogP contribution in [0.3, 0.4) is 0 Å². The molecule has 1 amide bonds. The lowest BCUT2D eigenvalue weighted by molar-refractivity contribution is -0.304. The summed E-state index contributed by atoms with van der Waals surface area (Å²) in [6.45, 7) is 7.86. The number of hydrogen-bond acceptors (Lipinski definition) is 6. The van der Waals surface area contributed by atoms with Crippen LogP contribution in [0.4, 0.5) is 4.79 Å². The Bertz CT molecular complexity index is 1100. The molecule has 4 rings (SSSR count). The average Bonchev–Trinajstić information content (AvgIpc) is 2.76. The van der Waals surface area contributed by atoms with Crippen molar-refractivity contribution in [3.63, 3.8) is 0 Å². The van der Waals surface area contributed by atoms with Crippen molar-refractivity contribution in [3.05, 3.63) is 53.6 Å². The monoisotopic (exact) mass is 469 g/mol. The van der Waals surface area contributed by atoms with Gasteiger partial charge in [0.05, 0.1) is 12.2 Å². The largest absolute Gasteiger partial charge is 0.478 e. The molecule has 1 saturated carbocycles. The summed E-state index contributed by atoms with van der Waals surface area (Å²) in [5, 5.41) is 23.4. The second-order valence-electron chi connectivity index (χ2n) is 10.1. The smallest absolute Gasteiger partial charge is 0.407 e. The molecule has 3 N–H and O–H groups in total. The molecule has 2 aliphatic rings. The highest BCUT2D eigenvalue weighted by atomic mass is 16.7. The number of aromatic carboxylic acids is 1.